The summed E-state index contributed by atoms with van der Waals surface area (Å²) in [5.74, 6) is -2.44. The van der Waals surface area contributed by atoms with E-state index in [1.54, 1.807) is 24.1 Å². The van der Waals surface area contributed by atoms with E-state index in [0.717, 1.165) is 6.07 Å². The van der Waals surface area contributed by atoms with Crippen molar-refractivity contribution in [2.24, 2.45) is 12.0 Å². The van der Waals surface area contributed by atoms with Crippen LogP contribution in [0, 0.1) is 11.6 Å². The molecule has 0 radical (unpaired) electrons. The van der Waals surface area contributed by atoms with Gasteiger partial charge in [0.05, 0.1) is 11.8 Å². The predicted molar refractivity (Wildman–Crippen MR) is 70.2 cm³/mol. The first-order valence-electron chi connectivity index (χ1n) is 5.99. The van der Waals surface area contributed by atoms with Gasteiger partial charge < -0.3 is 4.74 Å². The van der Waals surface area contributed by atoms with Crippen LogP contribution in [-0.2, 0) is 16.6 Å². The van der Waals surface area contributed by atoms with Crippen LogP contribution in [0.25, 0.3) is 6.08 Å². The smallest absolute Gasteiger partial charge is 0.363 e. The molecule has 0 unspecified atom stereocenters. The van der Waals surface area contributed by atoms with Gasteiger partial charge in [-0.2, -0.15) is 5.10 Å². The Balaban J connectivity index is 1.97. The number of nitrogens with zero attached hydrogens (tertiary/aromatic N) is 3. The monoisotopic (exact) mass is 289 g/mol. The normalized spacial score (nSPS) is 16.2. The molecule has 0 fully saturated rings. The highest BCUT2D eigenvalue weighted by molar-refractivity contribution is 6.12. The van der Waals surface area contributed by atoms with Crippen LogP contribution >= 0.6 is 0 Å². The summed E-state index contributed by atoms with van der Waals surface area (Å²) in [4.78, 5) is 15.7. The van der Waals surface area contributed by atoms with E-state index in [2.05, 4.69) is 10.1 Å². The fraction of sp³-hybridized carbons (Fsp3) is 0.0714. The highest BCUT2D eigenvalue weighted by Gasteiger charge is 2.26. The van der Waals surface area contributed by atoms with Crippen molar-refractivity contribution in [3.63, 3.8) is 0 Å². The maximum absolute atomic E-state index is 13.6. The number of hydrogen-bond donors (Lipinski definition) is 0. The van der Waals surface area contributed by atoms with Gasteiger partial charge in [0.25, 0.3) is 0 Å². The molecule has 0 saturated heterocycles. The number of aliphatic imine (C=N–C) groups is 1. The summed E-state index contributed by atoms with van der Waals surface area (Å²) in [6.07, 6.45) is 4.71. The Morgan fingerprint density at radius 3 is 2.81 bits per heavy atom. The lowest BCUT2D eigenvalue weighted by Gasteiger charge is -2.00. The van der Waals surface area contributed by atoms with Gasteiger partial charge in [-0.3, -0.25) is 4.68 Å². The van der Waals surface area contributed by atoms with Crippen molar-refractivity contribution in [2.45, 2.75) is 0 Å². The summed E-state index contributed by atoms with van der Waals surface area (Å²) < 4.78 is 33.0. The maximum Gasteiger partial charge on any atom is 0.363 e. The zero-order valence-corrected chi connectivity index (χ0v) is 10.9. The van der Waals surface area contributed by atoms with Gasteiger partial charge in [0.2, 0.25) is 5.90 Å². The van der Waals surface area contributed by atoms with Crippen LogP contribution in [0.4, 0.5) is 8.78 Å². The molecular formula is C14H9F2N3O2. The Labute approximate surface area is 118 Å². The van der Waals surface area contributed by atoms with Gasteiger partial charge in [-0.05, 0) is 18.2 Å². The Morgan fingerprint density at radius 2 is 2.14 bits per heavy atom. The summed E-state index contributed by atoms with van der Waals surface area (Å²) in [5.41, 5.74) is 0.620. The van der Waals surface area contributed by atoms with Gasteiger partial charge in [0.1, 0.15) is 11.6 Å². The highest BCUT2D eigenvalue weighted by atomic mass is 19.1. The number of aryl methyl sites for hydroxylation is 1. The topological polar surface area (TPSA) is 56.5 Å². The second kappa shape index (κ2) is 4.93. The molecule has 1 aromatic heterocycles. The number of cyclic esters (lactones) is 1. The van der Waals surface area contributed by atoms with E-state index >= 15 is 0 Å². The third kappa shape index (κ3) is 2.58. The largest absolute Gasteiger partial charge is 0.402 e. The average molecular weight is 289 g/mol. The van der Waals surface area contributed by atoms with Crippen molar-refractivity contribution >= 4 is 17.9 Å². The number of ether oxygens (including phenoxy) is 1. The third-order valence-electron chi connectivity index (χ3n) is 2.81. The first-order chi connectivity index (χ1) is 10.0. The molecule has 5 nitrogen and oxygen atoms in total. The van der Waals surface area contributed by atoms with E-state index < -0.39 is 17.6 Å². The Hall–Kier alpha value is -2.83. The first kappa shape index (κ1) is 13.2. The second-order valence-corrected chi connectivity index (χ2v) is 4.41. The van der Waals surface area contributed by atoms with Gasteiger partial charge in [-0.15, -0.1) is 0 Å². The number of esters is 1. The molecule has 0 amide bonds. The number of rotatable bonds is 2. The molecule has 1 aliphatic heterocycles. The Kier molecular flexibility index (Phi) is 3.09. The fourth-order valence-corrected chi connectivity index (χ4v) is 1.86. The van der Waals surface area contributed by atoms with Crippen molar-refractivity contribution in [2.75, 3.05) is 0 Å². The number of carbonyl (C=O) groups is 1. The quantitative estimate of drug-likeness (QED) is 0.628. The van der Waals surface area contributed by atoms with Crippen LogP contribution in [0.1, 0.15) is 11.1 Å². The molecule has 0 bridgehead atoms. The van der Waals surface area contributed by atoms with E-state index in [-0.39, 0.29) is 17.2 Å². The van der Waals surface area contributed by atoms with Gasteiger partial charge in [0, 0.05) is 24.9 Å². The number of aromatic nitrogens is 2. The molecule has 2 aromatic rings. The molecule has 3 rings (SSSR count). The number of carbonyl (C=O) groups excluding carboxylic acids is 1. The standard InChI is InChI=1S/C14H9F2N3O2/c1-19-7-8(6-17-19)4-12-14(20)21-13(18-12)10-3-2-9(15)5-11(10)16/h2-7H,1H3. The van der Waals surface area contributed by atoms with Gasteiger partial charge in [0.15, 0.2) is 5.70 Å². The van der Waals surface area contributed by atoms with Crippen LogP contribution in [0.2, 0.25) is 0 Å². The number of halogens is 2. The number of hydrogen-bond acceptors (Lipinski definition) is 4. The van der Waals surface area contributed by atoms with E-state index in [4.69, 9.17) is 4.74 Å². The lowest BCUT2D eigenvalue weighted by Crippen LogP contribution is -2.07. The lowest BCUT2D eigenvalue weighted by molar-refractivity contribution is -0.129. The molecule has 0 atom stereocenters. The zero-order valence-electron chi connectivity index (χ0n) is 10.9. The Morgan fingerprint density at radius 1 is 1.33 bits per heavy atom. The summed E-state index contributed by atoms with van der Waals surface area (Å²) in [6, 6.07) is 2.94. The van der Waals surface area contributed by atoms with Crippen molar-refractivity contribution < 1.29 is 18.3 Å². The van der Waals surface area contributed by atoms with Crippen molar-refractivity contribution in [3.8, 4) is 0 Å². The molecule has 1 aromatic carbocycles. The summed E-state index contributed by atoms with van der Waals surface area (Å²) in [7, 11) is 1.73. The average Bonchev–Trinajstić information content (AvgIpc) is 2.97. The molecule has 0 aliphatic carbocycles. The number of benzene rings is 1. The van der Waals surface area contributed by atoms with Crippen molar-refractivity contribution in [1.82, 2.24) is 9.78 Å². The highest BCUT2D eigenvalue weighted by Crippen LogP contribution is 2.20. The van der Waals surface area contributed by atoms with Crippen molar-refractivity contribution in [1.29, 1.82) is 0 Å². The van der Waals surface area contributed by atoms with Crippen LogP contribution in [0.15, 0.2) is 41.3 Å². The molecule has 21 heavy (non-hydrogen) atoms. The van der Waals surface area contributed by atoms with E-state index in [9.17, 15) is 13.6 Å². The third-order valence-corrected chi connectivity index (χ3v) is 2.81. The lowest BCUT2D eigenvalue weighted by atomic mass is 10.2. The minimum absolute atomic E-state index is 0.0294. The molecule has 2 heterocycles. The molecule has 1 aliphatic rings. The molecule has 0 spiro atoms. The summed E-state index contributed by atoms with van der Waals surface area (Å²) >= 11 is 0. The maximum atomic E-state index is 13.6. The predicted octanol–water partition coefficient (Wildman–Crippen LogP) is 2.04. The Bertz CT molecular complexity index is 793. The first-order valence-corrected chi connectivity index (χ1v) is 5.99. The van der Waals surface area contributed by atoms with Crippen LogP contribution in [0.3, 0.4) is 0 Å². The second-order valence-electron chi connectivity index (χ2n) is 4.41. The van der Waals surface area contributed by atoms with E-state index in [0.29, 0.717) is 11.6 Å². The van der Waals surface area contributed by atoms with Crippen LogP contribution in [0.5, 0.6) is 0 Å². The van der Waals surface area contributed by atoms with E-state index in [1.807, 2.05) is 0 Å². The van der Waals surface area contributed by atoms with Gasteiger partial charge >= 0.3 is 5.97 Å². The molecule has 7 heteroatoms. The van der Waals surface area contributed by atoms with Gasteiger partial charge in [-0.25, -0.2) is 18.6 Å². The molecule has 0 saturated carbocycles. The fourth-order valence-electron chi connectivity index (χ4n) is 1.86. The summed E-state index contributed by atoms with van der Waals surface area (Å²) in [6.45, 7) is 0. The SMILES string of the molecule is Cn1cc(C=C2N=C(c3ccc(F)cc3F)OC2=O)cn1. The summed E-state index contributed by atoms with van der Waals surface area (Å²) in [5, 5.41) is 3.95. The van der Waals surface area contributed by atoms with Gasteiger partial charge in [-0.1, -0.05) is 0 Å². The van der Waals surface area contributed by atoms with Crippen LogP contribution in [-0.4, -0.2) is 21.6 Å². The zero-order chi connectivity index (χ0) is 15.0. The molecule has 0 N–H and O–H groups in total. The van der Waals surface area contributed by atoms with Crippen LogP contribution < -0.4 is 0 Å². The minimum atomic E-state index is -0.843. The van der Waals surface area contributed by atoms with Crippen molar-refractivity contribution in [3.05, 3.63) is 59.1 Å². The van der Waals surface area contributed by atoms with E-state index in [1.165, 1.54) is 12.1 Å². The molecular weight excluding hydrogens is 280 g/mol. The minimum Gasteiger partial charge on any atom is -0.402 e. The molecule has 106 valence electrons.